The lowest BCUT2D eigenvalue weighted by molar-refractivity contribution is -0.149. The third kappa shape index (κ3) is 6.29. The molecule has 0 aliphatic carbocycles. The molecule has 36 heavy (non-hydrogen) atoms. The Morgan fingerprint density at radius 1 is 1.08 bits per heavy atom. The summed E-state index contributed by atoms with van der Waals surface area (Å²) in [5.74, 6) is -0.959. The number of halogens is 2. The zero-order valence-corrected chi connectivity index (χ0v) is 22.7. The van der Waals surface area contributed by atoms with E-state index in [9.17, 15) is 14.1 Å². The van der Waals surface area contributed by atoms with Crippen molar-refractivity contribution >= 4 is 51.9 Å². The summed E-state index contributed by atoms with van der Waals surface area (Å²) in [5, 5.41) is 0.867. The first-order valence-electron chi connectivity index (χ1n) is 12.0. The lowest BCUT2D eigenvalue weighted by Crippen LogP contribution is -2.59. The quantitative estimate of drug-likeness (QED) is 0.386. The van der Waals surface area contributed by atoms with Crippen molar-refractivity contribution in [3.63, 3.8) is 0 Å². The van der Waals surface area contributed by atoms with Crippen molar-refractivity contribution in [1.29, 1.82) is 0 Å². The highest BCUT2D eigenvalue weighted by Gasteiger charge is 2.34. The Balaban J connectivity index is 1.39. The Hall–Kier alpha value is -1.97. The van der Waals surface area contributed by atoms with E-state index in [1.54, 1.807) is 12.1 Å². The molecular formula is C26H30Cl2N2O5S. The molecular weight excluding hydrogens is 523 g/mol. The molecule has 2 heterocycles. The molecule has 0 aromatic heterocycles. The van der Waals surface area contributed by atoms with Gasteiger partial charge in [0.15, 0.2) is 4.90 Å². The third-order valence-corrected chi connectivity index (χ3v) is 8.81. The molecule has 3 unspecified atom stereocenters. The molecule has 0 saturated carbocycles. The second kappa shape index (κ2) is 12.0. The lowest BCUT2D eigenvalue weighted by Gasteiger charge is -2.46. The van der Waals surface area contributed by atoms with E-state index >= 15 is 0 Å². The third-order valence-electron chi connectivity index (χ3n) is 6.80. The van der Waals surface area contributed by atoms with Gasteiger partial charge >= 0.3 is 5.97 Å². The number of rotatable bonds is 6. The minimum absolute atomic E-state index is 0.0576. The van der Waals surface area contributed by atoms with Gasteiger partial charge in [-0.2, -0.15) is 0 Å². The molecule has 2 aromatic rings. The second-order valence-corrected chi connectivity index (χ2v) is 11.4. The fourth-order valence-electron chi connectivity index (χ4n) is 4.63. The first kappa shape index (κ1) is 27.1. The van der Waals surface area contributed by atoms with Crippen molar-refractivity contribution in [2.45, 2.75) is 49.8 Å². The molecule has 2 aliphatic rings. The maximum absolute atomic E-state index is 13.4. The summed E-state index contributed by atoms with van der Waals surface area (Å²) in [7, 11) is 0. The summed E-state index contributed by atoms with van der Waals surface area (Å²) in [6.45, 7) is 6.42. The Labute approximate surface area is 224 Å². The van der Waals surface area contributed by atoms with Gasteiger partial charge in [-0.05, 0) is 61.4 Å². The number of ether oxygens (including phenoxy) is 2. The summed E-state index contributed by atoms with van der Waals surface area (Å²) in [6, 6.07) is 12.4. The van der Waals surface area contributed by atoms with Crippen LogP contribution in [0.2, 0.25) is 10.0 Å². The van der Waals surface area contributed by atoms with E-state index in [0.29, 0.717) is 54.6 Å². The second-order valence-electron chi connectivity index (χ2n) is 9.09. The zero-order valence-electron chi connectivity index (χ0n) is 20.3. The maximum Gasteiger partial charge on any atom is 0.357 e. The van der Waals surface area contributed by atoms with Crippen molar-refractivity contribution in [1.82, 2.24) is 4.90 Å². The van der Waals surface area contributed by atoms with Crippen molar-refractivity contribution in [2.75, 3.05) is 37.0 Å². The molecule has 2 aromatic carbocycles. The molecule has 194 valence electrons. The molecule has 0 radical (unpaired) electrons. The summed E-state index contributed by atoms with van der Waals surface area (Å²) in [5.41, 5.74) is 1.44. The van der Waals surface area contributed by atoms with E-state index in [2.05, 4.69) is 11.8 Å². The van der Waals surface area contributed by atoms with Gasteiger partial charge in [-0.3, -0.25) is 4.79 Å². The van der Waals surface area contributed by atoms with Gasteiger partial charge in [0.05, 0.1) is 18.2 Å². The maximum atomic E-state index is 13.4. The SMILES string of the molecule is CC1C(C)N(c2cccc(Cl)c2)CCN1C(=O)c1ccc([S+]([O-])CC(=O)OC2CCOCC2)c(Cl)c1. The van der Waals surface area contributed by atoms with Crippen LogP contribution in [0, 0.1) is 0 Å². The summed E-state index contributed by atoms with van der Waals surface area (Å²) in [4.78, 5) is 30.0. The van der Waals surface area contributed by atoms with Gasteiger partial charge in [-0.25, -0.2) is 4.79 Å². The number of carbonyl (C=O) groups is 2. The van der Waals surface area contributed by atoms with Crippen LogP contribution in [0.1, 0.15) is 37.0 Å². The smallest absolute Gasteiger partial charge is 0.357 e. The molecule has 2 aliphatic heterocycles. The van der Waals surface area contributed by atoms with Crippen LogP contribution in [0.5, 0.6) is 0 Å². The highest BCUT2D eigenvalue weighted by atomic mass is 35.5. The number of amides is 1. The van der Waals surface area contributed by atoms with Crippen molar-refractivity contribution in [2.24, 2.45) is 0 Å². The lowest BCUT2D eigenvalue weighted by atomic mass is 10.0. The van der Waals surface area contributed by atoms with E-state index < -0.39 is 17.1 Å². The Morgan fingerprint density at radius 3 is 2.53 bits per heavy atom. The van der Waals surface area contributed by atoms with Gasteiger partial charge in [0, 0.05) is 54.3 Å². The van der Waals surface area contributed by atoms with E-state index in [0.717, 1.165) is 5.69 Å². The van der Waals surface area contributed by atoms with E-state index in [4.69, 9.17) is 32.7 Å². The Morgan fingerprint density at radius 2 is 1.83 bits per heavy atom. The van der Waals surface area contributed by atoms with Crippen LogP contribution >= 0.6 is 23.2 Å². The van der Waals surface area contributed by atoms with Gasteiger partial charge in [0.2, 0.25) is 5.75 Å². The van der Waals surface area contributed by atoms with Crippen LogP contribution in [-0.4, -0.2) is 71.6 Å². The predicted molar refractivity (Wildman–Crippen MR) is 141 cm³/mol. The van der Waals surface area contributed by atoms with Gasteiger partial charge in [0.25, 0.3) is 5.91 Å². The highest BCUT2D eigenvalue weighted by Crippen LogP contribution is 2.29. The number of piperazine rings is 1. The predicted octanol–water partition coefficient (Wildman–Crippen LogP) is 4.56. The van der Waals surface area contributed by atoms with Crippen LogP contribution in [0.15, 0.2) is 47.4 Å². The Kier molecular flexibility index (Phi) is 9.06. The van der Waals surface area contributed by atoms with Crippen LogP contribution in [0.4, 0.5) is 5.69 Å². The van der Waals surface area contributed by atoms with E-state index in [1.165, 1.54) is 6.07 Å². The molecule has 2 fully saturated rings. The van der Waals surface area contributed by atoms with Crippen LogP contribution < -0.4 is 4.90 Å². The Bertz CT molecular complexity index is 1100. The van der Waals surface area contributed by atoms with Crippen LogP contribution in [-0.2, 0) is 25.4 Å². The first-order chi connectivity index (χ1) is 17.2. The van der Waals surface area contributed by atoms with Crippen LogP contribution in [0.25, 0.3) is 0 Å². The molecule has 4 rings (SSSR count). The average molecular weight is 554 g/mol. The number of benzene rings is 2. The number of esters is 1. The number of carbonyl (C=O) groups excluding carboxylic acids is 2. The topological polar surface area (TPSA) is 82.1 Å². The number of hydrogen-bond acceptors (Lipinski definition) is 6. The molecule has 0 bridgehead atoms. The van der Waals surface area contributed by atoms with Gasteiger partial charge in [-0.15, -0.1) is 0 Å². The largest absolute Gasteiger partial charge is 0.611 e. The summed E-state index contributed by atoms with van der Waals surface area (Å²) < 4.78 is 23.4. The standard InChI is InChI=1S/C26H30Cl2N2O5S/c1-17-18(2)30(11-10-29(17)21-5-3-4-20(27)15-21)26(32)19-6-7-24(23(28)14-19)36(33)16-25(31)35-22-8-12-34-13-9-22/h3-7,14-15,17-18,22H,8-13,16H2,1-2H3. The van der Waals surface area contributed by atoms with Crippen molar-refractivity contribution in [3.8, 4) is 0 Å². The number of nitrogens with zero attached hydrogens (tertiary/aromatic N) is 2. The molecule has 0 N–H and O–H groups in total. The van der Waals surface area contributed by atoms with Gasteiger partial charge in [-0.1, -0.05) is 29.3 Å². The molecule has 2 saturated heterocycles. The summed E-state index contributed by atoms with van der Waals surface area (Å²) in [6.07, 6.45) is 1.07. The number of hydrogen-bond donors (Lipinski definition) is 0. The monoisotopic (exact) mass is 552 g/mol. The molecule has 3 atom stereocenters. The molecule has 10 heteroatoms. The molecule has 7 nitrogen and oxygen atoms in total. The van der Waals surface area contributed by atoms with E-state index in [-0.39, 0.29) is 34.9 Å². The number of anilines is 1. The zero-order chi connectivity index (χ0) is 25.8. The minimum atomic E-state index is -1.68. The van der Waals surface area contributed by atoms with E-state index in [1.807, 2.05) is 36.1 Å². The first-order valence-corrected chi connectivity index (χ1v) is 14.1. The fourth-order valence-corrected chi connectivity index (χ4v) is 6.19. The summed E-state index contributed by atoms with van der Waals surface area (Å²) >= 11 is 10.9. The van der Waals surface area contributed by atoms with Crippen LogP contribution in [0.3, 0.4) is 0 Å². The minimum Gasteiger partial charge on any atom is -0.611 e. The normalized spacial score (nSPS) is 21.8. The van der Waals surface area contributed by atoms with Gasteiger partial charge < -0.3 is 23.8 Å². The van der Waals surface area contributed by atoms with Crippen molar-refractivity contribution < 1.29 is 23.6 Å². The molecule has 1 amide bonds. The molecule has 0 spiro atoms. The van der Waals surface area contributed by atoms with Crippen molar-refractivity contribution in [3.05, 3.63) is 58.1 Å². The average Bonchev–Trinajstić information content (AvgIpc) is 2.85. The fraction of sp³-hybridized carbons (Fsp3) is 0.462. The highest BCUT2D eigenvalue weighted by molar-refractivity contribution is 7.92. The van der Waals surface area contributed by atoms with Gasteiger partial charge in [0.1, 0.15) is 6.10 Å².